The summed E-state index contributed by atoms with van der Waals surface area (Å²) in [7, 11) is 1.58. The van der Waals surface area contributed by atoms with Crippen molar-refractivity contribution < 1.29 is 19.0 Å². The molecule has 1 aliphatic heterocycles. The predicted octanol–water partition coefficient (Wildman–Crippen LogP) is 4.46. The van der Waals surface area contributed by atoms with E-state index in [0.29, 0.717) is 35.0 Å². The first-order valence-electron chi connectivity index (χ1n) is 13.9. The molecular formula is C32H35N5O5. The fourth-order valence-electron chi connectivity index (χ4n) is 4.60. The van der Waals surface area contributed by atoms with Crippen LogP contribution in [0.3, 0.4) is 0 Å². The van der Waals surface area contributed by atoms with E-state index in [2.05, 4.69) is 20.6 Å². The van der Waals surface area contributed by atoms with Crippen LogP contribution >= 0.6 is 0 Å². The average Bonchev–Trinajstić information content (AvgIpc) is 3.02. The number of hydrogen-bond donors (Lipinski definition) is 2. The Morgan fingerprint density at radius 2 is 1.71 bits per heavy atom. The van der Waals surface area contributed by atoms with Crippen molar-refractivity contribution in [2.45, 2.75) is 13.8 Å². The number of ether oxygens (including phenoxy) is 3. The highest BCUT2D eigenvalue weighted by molar-refractivity contribution is 5.94. The largest absolute Gasteiger partial charge is 0.497 e. The van der Waals surface area contributed by atoms with Crippen molar-refractivity contribution in [1.29, 1.82) is 0 Å². The molecule has 1 aromatic heterocycles. The molecule has 10 nitrogen and oxygen atoms in total. The lowest BCUT2D eigenvalue weighted by Crippen LogP contribution is -2.41. The summed E-state index contributed by atoms with van der Waals surface area (Å²) < 4.78 is 18.1. The van der Waals surface area contributed by atoms with E-state index in [-0.39, 0.29) is 17.3 Å². The zero-order valence-electron chi connectivity index (χ0n) is 24.1. The van der Waals surface area contributed by atoms with Gasteiger partial charge in [0.1, 0.15) is 11.5 Å². The highest BCUT2D eigenvalue weighted by Crippen LogP contribution is 2.32. The van der Waals surface area contributed by atoms with Crippen LogP contribution in [0.2, 0.25) is 0 Å². The third-order valence-corrected chi connectivity index (χ3v) is 7.27. The SMILES string of the molecule is COc1ccc(-n2ncc(Oc3cccc(C)c3C)c(Nc3ccc(C(=O)NCCN4CCOCC4)cc3)c2=O)cc1. The van der Waals surface area contributed by atoms with Crippen LogP contribution in [0.5, 0.6) is 17.2 Å². The number of amides is 1. The number of benzene rings is 3. The molecule has 218 valence electrons. The van der Waals surface area contributed by atoms with Crippen molar-refractivity contribution in [1.82, 2.24) is 20.0 Å². The first-order chi connectivity index (χ1) is 20.4. The van der Waals surface area contributed by atoms with E-state index in [1.54, 1.807) is 55.6 Å². The van der Waals surface area contributed by atoms with Gasteiger partial charge in [-0.1, -0.05) is 12.1 Å². The summed E-state index contributed by atoms with van der Waals surface area (Å²) in [6, 6.07) is 19.8. The van der Waals surface area contributed by atoms with Gasteiger partial charge >= 0.3 is 0 Å². The molecule has 42 heavy (non-hydrogen) atoms. The predicted molar refractivity (Wildman–Crippen MR) is 162 cm³/mol. The van der Waals surface area contributed by atoms with E-state index >= 15 is 0 Å². The van der Waals surface area contributed by atoms with Crippen LogP contribution in [0.4, 0.5) is 11.4 Å². The van der Waals surface area contributed by atoms with E-state index in [0.717, 1.165) is 44.0 Å². The normalized spacial score (nSPS) is 13.4. The second-order valence-electron chi connectivity index (χ2n) is 10.0. The van der Waals surface area contributed by atoms with Crippen LogP contribution in [0, 0.1) is 13.8 Å². The first kappa shape index (κ1) is 28.8. The van der Waals surface area contributed by atoms with Crippen LogP contribution in [-0.4, -0.2) is 67.1 Å². The van der Waals surface area contributed by atoms with Crippen LogP contribution in [-0.2, 0) is 4.74 Å². The van der Waals surface area contributed by atoms with Gasteiger partial charge in [-0.25, -0.2) is 0 Å². The maximum absolute atomic E-state index is 13.8. The molecule has 10 heteroatoms. The monoisotopic (exact) mass is 569 g/mol. The first-order valence-corrected chi connectivity index (χ1v) is 13.9. The average molecular weight is 570 g/mol. The number of aromatic nitrogens is 2. The van der Waals surface area contributed by atoms with Crippen molar-refractivity contribution in [3.63, 3.8) is 0 Å². The van der Waals surface area contributed by atoms with Crippen molar-refractivity contribution in [2.75, 3.05) is 51.8 Å². The Morgan fingerprint density at radius 1 is 0.976 bits per heavy atom. The molecule has 0 unspecified atom stereocenters. The molecule has 1 saturated heterocycles. The molecule has 1 amide bonds. The molecular weight excluding hydrogens is 534 g/mol. The highest BCUT2D eigenvalue weighted by Gasteiger charge is 2.17. The Bertz CT molecular complexity index is 1580. The lowest BCUT2D eigenvalue weighted by molar-refractivity contribution is 0.0383. The van der Waals surface area contributed by atoms with Gasteiger partial charge in [-0.2, -0.15) is 9.78 Å². The zero-order chi connectivity index (χ0) is 29.5. The van der Waals surface area contributed by atoms with Crippen LogP contribution in [0.25, 0.3) is 5.69 Å². The van der Waals surface area contributed by atoms with Crippen molar-refractivity contribution >= 4 is 17.3 Å². The molecule has 0 spiro atoms. The number of hydrogen-bond acceptors (Lipinski definition) is 8. The Morgan fingerprint density at radius 3 is 2.43 bits per heavy atom. The number of carbonyl (C=O) groups is 1. The van der Waals surface area contributed by atoms with Gasteiger partial charge in [-0.15, -0.1) is 0 Å². The minimum atomic E-state index is -0.395. The van der Waals surface area contributed by atoms with E-state index < -0.39 is 5.56 Å². The molecule has 3 aromatic carbocycles. The maximum Gasteiger partial charge on any atom is 0.299 e. The maximum atomic E-state index is 13.8. The van der Waals surface area contributed by atoms with Crippen molar-refractivity contribution in [3.8, 4) is 22.9 Å². The van der Waals surface area contributed by atoms with Gasteiger partial charge in [-0.3, -0.25) is 14.5 Å². The molecule has 0 saturated carbocycles. The fraction of sp³-hybridized carbons (Fsp3) is 0.281. The van der Waals surface area contributed by atoms with E-state index in [1.807, 2.05) is 32.0 Å². The molecule has 4 aromatic rings. The number of anilines is 2. The number of carbonyl (C=O) groups excluding carboxylic acids is 1. The zero-order valence-corrected chi connectivity index (χ0v) is 24.1. The Balaban J connectivity index is 1.38. The van der Waals surface area contributed by atoms with Gasteiger partial charge in [-0.05, 0) is 79.6 Å². The summed E-state index contributed by atoms with van der Waals surface area (Å²) >= 11 is 0. The van der Waals surface area contributed by atoms with Crippen molar-refractivity contribution in [2.24, 2.45) is 0 Å². The van der Waals surface area contributed by atoms with E-state index in [1.165, 1.54) is 10.9 Å². The number of nitrogens with one attached hydrogen (secondary N) is 2. The topological polar surface area (TPSA) is 107 Å². The summed E-state index contributed by atoms with van der Waals surface area (Å²) in [4.78, 5) is 28.7. The van der Waals surface area contributed by atoms with Gasteiger partial charge in [0, 0.05) is 37.4 Å². The Hall–Kier alpha value is -4.67. The standard InChI is InChI=1S/C32H35N5O5/c1-22-5-4-6-28(23(22)2)42-29-21-34-37(26-11-13-27(40-3)14-12-26)32(39)30(29)35-25-9-7-24(8-10-25)31(38)33-15-16-36-17-19-41-20-18-36/h4-14,21,35H,15-20H2,1-3H3,(H,33,38). The molecule has 1 aliphatic rings. The molecule has 2 N–H and O–H groups in total. The second-order valence-corrected chi connectivity index (χ2v) is 10.0. The van der Waals surface area contributed by atoms with E-state index in [4.69, 9.17) is 14.2 Å². The molecule has 0 aliphatic carbocycles. The fourth-order valence-corrected chi connectivity index (χ4v) is 4.60. The minimum Gasteiger partial charge on any atom is -0.497 e. The lowest BCUT2D eigenvalue weighted by Gasteiger charge is -2.26. The minimum absolute atomic E-state index is 0.153. The summed E-state index contributed by atoms with van der Waals surface area (Å²) in [6.45, 7) is 8.50. The van der Waals surface area contributed by atoms with Crippen LogP contribution in [0.15, 0.2) is 77.7 Å². The van der Waals surface area contributed by atoms with Crippen LogP contribution in [0.1, 0.15) is 21.5 Å². The third-order valence-electron chi connectivity index (χ3n) is 7.27. The number of rotatable bonds is 10. The summed E-state index contributed by atoms with van der Waals surface area (Å²) in [5.41, 5.74) is 3.57. The summed E-state index contributed by atoms with van der Waals surface area (Å²) in [5, 5.41) is 10.6. The molecule has 0 bridgehead atoms. The highest BCUT2D eigenvalue weighted by atomic mass is 16.5. The van der Waals surface area contributed by atoms with E-state index in [9.17, 15) is 9.59 Å². The molecule has 0 atom stereocenters. The Labute approximate surface area is 244 Å². The summed E-state index contributed by atoms with van der Waals surface area (Å²) in [6.07, 6.45) is 1.52. The van der Waals surface area contributed by atoms with Gasteiger partial charge in [0.2, 0.25) is 0 Å². The number of morpholine rings is 1. The van der Waals surface area contributed by atoms with Gasteiger partial charge in [0.25, 0.3) is 11.5 Å². The van der Waals surface area contributed by atoms with Crippen LogP contribution < -0.4 is 25.7 Å². The Kier molecular flexibility index (Phi) is 9.15. The van der Waals surface area contributed by atoms with Gasteiger partial charge in [0.15, 0.2) is 11.4 Å². The third kappa shape index (κ3) is 6.79. The van der Waals surface area contributed by atoms with Gasteiger partial charge < -0.3 is 24.8 Å². The quantitative estimate of drug-likeness (QED) is 0.289. The second kappa shape index (κ2) is 13.3. The van der Waals surface area contributed by atoms with Crippen molar-refractivity contribution in [3.05, 3.63) is 100.0 Å². The lowest BCUT2D eigenvalue weighted by atomic mass is 10.1. The summed E-state index contributed by atoms with van der Waals surface area (Å²) in [5.74, 6) is 1.43. The molecule has 1 fully saturated rings. The molecule has 2 heterocycles. The van der Waals surface area contributed by atoms with Gasteiger partial charge in [0.05, 0.1) is 32.2 Å². The molecule has 5 rings (SSSR count). The number of aryl methyl sites for hydroxylation is 1. The smallest absolute Gasteiger partial charge is 0.299 e. The number of nitrogens with zero attached hydrogens (tertiary/aromatic N) is 3. The molecule has 0 radical (unpaired) electrons. The number of methoxy groups -OCH3 is 1.